The summed E-state index contributed by atoms with van der Waals surface area (Å²) >= 11 is 0. The van der Waals surface area contributed by atoms with Crippen LogP contribution in [-0.2, 0) is 11.3 Å². The summed E-state index contributed by atoms with van der Waals surface area (Å²) in [4.78, 5) is 2.54. The van der Waals surface area contributed by atoms with Gasteiger partial charge < -0.3 is 18.9 Å². The van der Waals surface area contributed by atoms with Gasteiger partial charge in [-0.1, -0.05) is 18.6 Å². The molecule has 5 heteroatoms. The molecule has 2 saturated heterocycles. The van der Waals surface area contributed by atoms with Crippen molar-refractivity contribution >= 4 is 0 Å². The Bertz CT molecular complexity index is 804. The molecule has 1 unspecified atom stereocenters. The Labute approximate surface area is 179 Å². The highest BCUT2D eigenvalue weighted by Crippen LogP contribution is 2.40. The average molecular weight is 412 g/mol. The molecular formula is C25H33NO4. The maximum atomic E-state index is 6.30. The van der Waals surface area contributed by atoms with Crippen LogP contribution in [0.15, 0.2) is 36.4 Å². The van der Waals surface area contributed by atoms with Crippen molar-refractivity contribution in [1.29, 1.82) is 0 Å². The van der Waals surface area contributed by atoms with Crippen molar-refractivity contribution in [2.24, 2.45) is 5.92 Å². The number of nitrogens with zero attached hydrogens (tertiary/aromatic N) is 1. The first-order valence-electron chi connectivity index (χ1n) is 11.1. The third-order valence-corrected chi connectivity index (χ3v) is 6.12. The number of benzene rings is 2. The fourth-order valence-electron chi connectivity index (χ4n) is 4.42. The number of hydrogen-bond acceptors (Lipinski definition) is 5. The molecule has 2 aliphatic rings. The van der Waals surface area contributed by atoms with Gasteiger partial charge in [0.05, 0.1) is 33.0 Å². The largest absolute Gasteiger partial charge is 0.496 e. The summed E-state index contributed by atoms with van der Waals surface area (Å²) in [7, 11) is 3.40. The second kappa shape index (κ2) is 10.2. The van der Waals surface area contributed by atoms with E-state index in [0.717, 1.165) is 67.6 Å². The summed E-state index contributed by atoms with van der Waals surface area (Å²) in [6.07, 6.45) is 4.96. The quantitative estimate of drug-likeness (QED) is 0.626. The standard InChI is InChI=1S/C25H33NO4/c1-27-23-7-6-8-24(28-2)25(23)20-9-10-22(30-18-19-11-14-29-17-19)21(15-20)16-26-12-4-3-5-13-26/h6-10,15,19H,3-5,11-14,16-18H2,1-2H3. The Hall–Kier alpha value is -2.24. The molecule has 1 atom stereocenters. The molecule has 0 aromatic heterocycles. The molecule has 5 nitrogen and oxygen atoms in total. The van der Waals surface area contributed by atoms with Gasteiger partial charge in [-0.25, -0.2) is 0 Å². The monoisotopic (exact) mass is 411 g/mol. The lowest BCUT2D eigenvalue weighted by Crippen LogP contribution is -2.29. The minimum Gasteiger partial charge on any atom is -0.496 e. The van der Waals surface area contributed by atoms with Crippen molar-refractivity contribution in [2.75, 3.05) is 47.1 Å². The van der Waals surface area contributed by atoms with Crippen molar-refractivity contribution < 1.29 is 18.9 Å². The third-order valence-electron chi connectivity index (χ3n) is 6.12. The fourth-order valence-corrected chi connectivity index (χ4v) is 4.42. The van der Waals surface area contributed by atoms with Gasteiger partial charge in [-0.05, 0) is 62.2 Å². The molecule has 30 heavy (non-hydrogen) atoms. The first kappa shape index (κ1) is 21.0. The lowest BCUT2D eigenvalue weighted by atomic mass is 9.99. The van der Waals surface area contributed by atoms with Crippen LogP contribution in [0.25, 0.3) is 11.1 Å². The minimum atomic E-state index is 0.488. The van der Waals surface area contributed by atoms with Crippen LogP contribution in [0.5, 0.6) is 17.2 Å². The number of likely N-dealkylation sites (tertiary alicyclic amines) is 1. The van der Waals surface area contributed by atoms with Crippen molar-refractivity contribution in [3.63, 3.8) is 0 Å². The molecule has 0 spiro atoms. The van der Waals surface area contributed by atoms with Crippen molar-refractivity contribution in [3.8, 4) is 28.4 Å². The van der Waals surface area contributed by atoms with E-state index in [0.29, 0.717) is 12.5 Å². The highest BCUT2D eigenvalue weighted by atomic mass is 16.5. The SMILES string of the molecule is COc1cccc(OC)c1-c1ccc(OCC2CCOC2)c(CN2CCCCC2)c1. The van der Waals surface area contributed by atoms with Crippen LogP contribution in [0.4, 0.5) is 0 Å². The van der Waals surface area contributed by atoms with Crippen LogP contribution in [0.1, 0.15) is 31.2 Å². The summed E-state index contributed by atoms with van der Waals surface area (Å²) in [5.41, 5.74) is 3.30. The maximum absolute atomic E-state index is 6.30. The van der Waals surface area contributed by atoms with Crippen LogP contribution in [0, 0.1) is 5.92 Å². The van der Waals surface area contributed by atoms with E-state index >= 15 is 0 Å². The van der Waals surface area contributed by atoms with E-state index in [1.807, 2.05) is 18.2 Å². The summed E-state index contributed by atoms with van der Waals surface area (Å²) in [6, 6.07) is 12.4. The van der Waals surface area contributed by atoms with Crippen molar-refractivity contribution in [3.05, 3.63) is 42.0 Å². The number of hydrogen-bond donors (Lipinski definition) is 0. The van der Waals surface area contributed by atoms with E-state index in [2.05, 4.69) is 23.1 Å². The first-order valence-corrected chi connectivity index (χ1v) is 11.1. The summed E-state index contributed by atoms with van der Waals surface area (Å²) in [6.45, 7) is 5.57. The van der Waals surface area contributed by atoms with E-state index < -0.39 is 0 Å². The zero-order valence-electron chi connectivity index (χ0n) is 18.2. The zero-order chi connectivity index (χ0) is 20.8. The molecule has 0 aliphatic carbocycles. The summed E-state index contributed by atoms with van der Waals surface area (Å²) in [5.74, 6) is 3.09. The zero-order valence-corrected chi connectivity index (χ0v) is 18.2. The van der Waals surface area contributed by atoms with Gasteiger partial charge >= 0.3 is 0 Å². The predicted molar refractivity (Wildman–Crippen MR) is 119 cm³/mol. The lowest BCUT2D eigenvalue weighted by Gasteiger charge is -2.27. The Balaban J connectivity index is 1.64. The van der Waals surface area contributed by atoms with Crippen LogP contribution >= 0.6 is 0 Å². The third kappa shape index (κ3) is 4.90. The Morgan fingerprint density at radius 3 is 2.40 bits per heavy atom. The fraction of sp³-hybridized carbons (Fsp3) is 0.520. The smallest absolute Gasteiger partial charge is 0.130 e. The van der Waals surface area contributed by atoms with Crippen LogP contribution in [-0.4, -0.2) is 52.0 Å². The number of ether oxygens (including phenoxy) is 4. The molecule has 4 rings (SSSR count). The van der Waals surface area contributed by atoms with Gasteiger partial charge in [0.1, 0.15) is 17.2 Å². The normalized spacial score (nSPS) is 19.6. The van der Waals surface area contributed by atoms with Gasteiger partial charge in [-0.15, -0.1) is 0 Å². The highest BCUT2D eigenvalue weighted by molar-refractivity contribution is 5.78. The molecule has 2 aromatic rings. The molecule has 162 valence electrons. The predicted octanol–water partition coefficient (Wildman–Crippen LogP) is 4.77. The lowest BCUT2D eigenvalue weighted by molar-refractivity contribution is 0.165. The molecule has 0 radical (unpaired) electrons. The second-order valence-corrected chi connectivity index (χ2v) is 8.24. The van der Waals surface area contributed by atoms with Crippen LogP contribution in [0.3, 0.4) is 0 Å². The maximum Gasteiger partial charge on any atom is 0.130 e. The van der Waals surface area contributed by atoms with Crippen molar-refractivity contribution in [1.82, 2.24) is 4.90 Å². The van der Waals surface area contributed by atoms with E-state index in [1.54, 1.807) is 14.2 Å². The van der Waals surface area contributed by atoms with Gasteiger partial charge in [0.2, 0.25) is 0 Å². The molecule has 2 aromatic carbocycles. The van der Waals surface area contributed by atoms with E-state index in [1.165, 1.54) is 24.8 Å². The molecule has 0 N–H and O–H groups in total. The molecule has 2 aliphatic heterocycles. The van der Waals surface area contributed by atoms with E-state index in [-0.39, 0.29) is 0 Å². The number of rotatable bonds is 8. The highest BCUT2D eigenvalue weighted by Gasteiger charge is 2.20. The summed E-state index contributed by atoms with van der Waals surface area (Å²) in [5, 5.41) is 0. The Morgan fingerprint density at radius 2 is 1.73 bits per heavy atom. The molecule has 2 fully saturated rings. The van der Waals surface area contributed by atoms with Gasteiger partial charge in [-0.2, -0.15) is 0 Å². The molecule has 0 saturated carbocycles. The molecular weight excluding hydrogens is 378 g/mol. The second-order valence-electron chi connectivity index (χ2n) is 8.24. The molecule has 0 bridgehead atoms. The van der Waals surface area contributed by atoms with Gasteiger partial charge in [0, 0.05) is 24.6 Å². The topological polar surface area (TPSA) is 40.2 Å². The van der Waals surface area contributed by atoms with Gasteiger partial charge in [0.25, 0.3) is 0 Å². The number of piperidine rings is 1. The van der Waals surface area contributed by atoms with Crippen LogP contribution in [0.2, 0.25) is 0 Å². The van der Waals surface area contributed by atoms with E-state index in [9.17, 15) is 0 Å². The van der Waals surface area contributed by atoms with Crippen molar-refractivity contribution in [2.45, 2.75) is 32.2 Å². The van der Waals surface area contributed by atoms with Crippen LogP contribution < -0.4 is 14.2 Å². The minimum absolute atomic E-state index is 0.488. The summed E-state index contributed by atoms with van der Waals surface area (Å²) < 4.78 is 23.1. The van der Waals surface area contributed by atoms with Gasteiger partial charge in [-0.3, -0.25) is 4.90 Å². The Kier molecular flexibility index (Phi) is 7.13. The number of methoxy groups -OCH3 is 2. The Morgan fingerprint density at radius 1 is 0.967 bits per heavy atom. The average Bonchev–Trinajstić information content (AvgIpc) is 3.32. The molecule has 2 heterocycles. The van der Waals surface area contributed by atoms with Gasteiger partial charge in [0.15, 0.2) is 0 Å². The van der Waals surface area contributed by atoms with E-state index in [4.69, 9.17) is 18.9 Å². The molecule has 0 amide bonds. The first-order chi connectivity index (χ1) is 14.8.